The molecule has 2 aromatic heterocycles. The summed E-state index contributed by atoms with van der Waals surface area (Å²) < 4.78 is 2.00. The van der Waals surface area contributed by atoms with Crippen LogP contribution in [0.15, 0.2) is 23.7 Å². The maximum atomic E-state index is 12.6. The minimum absolute atomic E-state index is 0.0161. The van der Waals surface area contributed by atoms with Crippen molar-refractivity contribution in [3.8, 4) is 0 Å². The molecule has 0 spiro atoms. The van der Waals surface area contributed by atoms with Crippen molar-refractivity contribution < 1.29 is 4.79 Å². The lowest BCUT2D eigenvalue weighted by molar-refractivity contribution is 0.0938. The number of fused-ring (bicyclic) bond motifs is 1. The quantitative estimate of drug-likeness (QED) is 0.915. The summed E-state index contributed by atoms with van der Waals surface area (Å²) in [6.45, 7) is 3.98. The third-order valence-corrected chi connectivity index (χ3v) is 5.42. The summed E-state index contributed by atoms with van der Waals surface area (Å²) in [7, 11) is 4.20. The molecule has 5 nitrogen and oxygen atoms in total. The van der Waals surface area contributed by atoms with E-state index in [2.05, 4.69) is 35.5 Å². The van der Waals surface area contributed by atoms with E-state index < -0.39 is 0 Å². The second kappa shape index (κ2) is 6.84. The summed E-state index contributed by atoms with van der Waals surface area (Å²) in [5.41, 5.74) is 1.82. The minimum atomic E-state index is -0.0161. The number of nitrogens with one attached hydrogen (secondary N) is 1. The highest BCUT2D eigenvalue weighted by atomic mass is 32.1. The summed E-state index contributed by atoms with van der Waals surface area (Å²) in [6, 6.07) is 4.09. The van der Waals surface area contributed by atoms with Crippen LogP contribution in [0.5, 0.6) is 0 Å². The number of aromatic nitrogens is 2. The van der Waals surface area contributed by atoms with Gasteiger partial charge in [-0.1, -0.05) is 6.07 Å². The SMILES string of the molecule is C[C@H](NC(=O)c1cnn2c1C[C@@H](CN(C)C)CC2)c1cccs1. The van der Waals surface area contributed by atoms with Gasteiger partial charge < -0.3 is 10.2 Å². The largest absolute Gasteiger partial charge is 0.345 e. The number of aryl methyl sites for hydroxylation is 1. The average Bonchev–Trinajstić information content (AvgIpc) is 3.15. The van der Waals surface area contributed by atoms with Crippen LogP contribution in [0, 0.1) is 5.92 Å². The van der Waals surface area contributed by atoms with E-state index in [1.54, 1.807) is 17.5 Å². The number of rotatable bonds is 5. The molecular weight excluding hydrogens is 308 g/mol. The molecule has 0 aromatic carbocycles. The van der Waals surface area contributed by atoms with Crippen molar-refractivity contribution in [3.63, 3.8) is 0 Å². The third-order valence-electron chi connectivity index (χ3n) is 4.37. The highest BCUT2D eigenvalue weighted by Gasteiger charge is 2.26. The number of amides is 1. The monoisotopic (exact) mass is 332 g/mol. The first-order valence-electron chi connectivity index (χ1n) is 8.08. The summed E-state index contributed by atoms with van der Waals surface area (Å²) in [5.74, 6) is 0.577. The van der Waals surface area contributed by atoms with Crippen molar-refractivity contribution in [3.05, 3.63) is 39.8 Å². The third kappa shape index (κ3) is 3.64. The molecule has 0 saturated carbocycles. The molecule has 0 saturated heterocycles. The molecular formula is C17H24N4OS. The number of thiophene rings is 1. The lowest BCUT2D eigenvalue weighted by atomic mass is 9.94. The molecule has 0 aliphatic carbocycles. The van der Waals surface area contributed by atoms with Crippen LogP contribution < -0.4 is 5.32 Å². The van der Waals surface area contributed by atoms with Gasteiger partial charge in [-0.15, -0.1) is 11.3 Å². The Morgan fingerprint density at radius 3 is 3.09 bits per heavy atom. The highest BCUT2D eigenvalue weighted by Crippen LogP contribution is 2.24. The maximum absolute atomic E-state index is 12.6. The van der Waals surface area contributed by atoms with Crippen LogP contribution in [0.4, 0.5) is 0 Å². The molecule has 0 bridgehead atoms. The first-order chi connectivity index (χ1) is 11.0. The van der Waals surface area contributed by atoms with Crippen LogP contribution in [0.2, 0.25) is 0 Å². The van der Waals surface area contributed by atoms with E-state index >= 15 is 0 Å². The van der Waals surface area contributed by atoms with Gasteiger partial charge >= 0.3 is 0 Å². The zero-order chi connectivity index (χ0) is 16.4. The number of carbonyl (C=O) groups excluding carboxylic acids is 1. The Hall–Kier alpha value is -1.66. The van der Waals surface area contributed by atoms with Gasteiger partial charge in [0.25, 0.3) is 5.91 Å². The van der Waals surface area contributed by atoms with Crippen molar-refractivity contribution >= 4 is 17.2 Å². The summed E-state index contributed by atoms with van der Waals surface area (Å²) in [5, 5.41) is 9.54. The second-order valence-corrected chi connectivity index (χ2v) is 7.54. The molecule has 2 aromatic rings. The standard InChI is InChI=1S/C17H24N4OS/c1-12(16-5-4-8-23-16)19-17(22)14-10-18-21-7-6-13(9-15(14)21)11-20(2)3/h4-5,8,10,12-13H,6-7,9,11H2,1-3H3,(H,19,22)/t12-,13-/m0/s1. The van der Waals surface area contributed by atoms with Gasteiger partial charge in [-0.25, -0.2) is 0 Å². The van der Waals surface area contributed by atoms with Crippen LogP contribution in [0.1, 0.15) is 40.3 Å². The zero-order valence-corrected chi connectivity index (χ0v) is 14.8. The molecule has 3 rings (SSSR count). The number of carbonyl (C=O) groups is 1. The van der Waals surface area contributed by atoms with Gasteiger partial charge in [-0.3, -0.25) is 9.48 Å². The fraction of sp³-hybridized carbons (Fsp3) is 0.529. The molecule has 0 radical (unpaired) electrons. The van der Waals surface area contributed by atoms with Gasteiger partial charge in [-0.05, 0) is 51.2 Å². The second-order valence-electron chi connectivity index (χ2n) is 6.56. The van der Waals surface area contributed by atoms with Gasteiger partial charge in [0.15, 0.2) is 0 Å². The smallest absolute Gasteiger partial charge is 0.255 e. The Bertz CT molecular complexity index is 662. The molecule has 1 aliphatic rings. The van der Waals surface area contributed by atoms with E-state index in [-0.39, 0.29) is 11.9 Å². The maximum Gasteiger partial charge on any atom is 0.255 e. The van der Waals surface area contributed by atoms with Gasteiger partial charge in [0, 0.05) is 18.0 Å². The predicted molar refractivity (Wildman–Crippen MR) is 92.8 cm³/mol. The molecule has 23 heavy (non-hydrogen) atoms. The topological polar surface area (TPSA) is 50.2 Å². The van der Waals surface area contributed by atoms with Crippen LogP contribution in [-0.4, -0.2) is 41.2 Å². The lowest BCUT2D eigenvalue weighted by Crippen LogP contribution is -2.31. The van der Waals surface area contributed by atoms with E-state index in [9.17, 15) is 4.79 Å². The fourth-order valence-electron chi connectivity index (χ4n) is 3.24. The van der Waals surface area contributed by atoms with Gasteiger partial charge in [0.2, 0.25) is 0 Å². The molecule has 1 amide bonds. The Morgan fingerprint density at radius 1 is 1.57 bits per heavy atom. The highest BCUT2D eigenvalue weighted by molar-refractivity contribution is 7.10. The van der Waals surface area contributed by atoms with E-state index in [1.807, 2.05) is 23.1 Å². The number of nitrogens with zero attached hydrogens (tertiary/aromatic N) is 3. The van der Waals surface area contributed by atoms with Crippen molar-refractivity contribution in [2.75, 3.05) is 20.6 Å². The summed E-state index contributed by atoms with van der Waals surface area (Å²) >= 11 is 1.67. The van der Waals surface area contributed by atoms with Crippen molar-refractivity contribution in [1.29, 1.82) is 0 Å². The number of hydrogen-bond donors (Lipinski definition) is 1. The normalized spacial score (nSPS) is 18.7. The molecule has 6 heteroatoms. The molecule has 3 heterocycles. The molecule has 2 atom stereocenters. The minimum Gasteiger partial charge on any atom is -0.345 e. The van der Waals surface area contributed by atoms with Gasteiger partial charge in [-0.2, -0.15) is 5.10 Å². The van der Waals surface area contributed by atoms with E-state index in [0.29, 0.717) is 5.92 Å². The Kier molecular flexibility index (Phi) is 4.82. The zero-order valence-electron chi connectivity index (χ0n) is 14.0. The van der Waals surface area contributed by atoms with Crippen molar-refractivity contribution in [2.45, 2.75) is 32.4 Å². The molecule has 1 aliphatic heterocycles. The van der Waals surface area contributed by atoms with E-state index in [1.165, 1.54) is 4.88 Å². The van der Waals surface area contributed by atoms with Gasteiger partial charge in [0.05, 0.1) is 23.5 Å². The average molecular weight is 332 g/mol. The predicted octanol–water partition coefficient (Wildman–Crippen LogP) is 2.56. The van der Waals surface area contributed by atoms with Crippen molar-refractivity contribution in [2.24, 2.45) is 5.92 Å². The molecule has 0 unspecified atom stereocenters. The van der Waals surface area contributed by atoms with E-state index in [0.717, 1.165) is 37.2 Å². The lowest BCUT2D eigenvalue weighted by Gasteiger charge is -2.26. The first-order valence-corrected chi connectivity index (χ1v) is 8.96. The van der Waals surface area contributed by atoms with Gasteiger partial charge in [0.1, 0.15) is 0 Å². The Balaban J connectivity index is 1.72. The van der Waals surface area contributed by atoms with Crippen LogP contribution in [-0.2, 0) is 13.0 Å². The van der Waals surface area contributed by atoms with Crippen LogP contribution in [0.25, 0.3) is 0 Å². The molecule has 1 N–H and O–H groups in total. The molecule has 0 fully saturated rings. The number of hydrogen-bond acceptors (Lipinski definition) is 4. The van der Waals surface area contributed by atoms with Crippen LogP contribution >= 0.6 is 11.3 Å². The Morgan fingerprint density at radius 2 is 2.39 bits per heavy atom. The van der Waals surface area contributed by atoms with E-state index in [4.69, 9.17) is 0 Å². The Labute approximate surface area is 141 Å². The fourth-order valence-corrected chi connectivity index (χ4v) is 3.98. The van der Waals surface area contributed by atoms with Crippen LogP contribution in [0.3, 0.4) is 0 Å². The first kappa shape index (κ1) is 16.2. The molecule has 124 valence electrons. The van der Waals surface area contributed by atoms with Crippen molar-refractivity contribution in [1.82, 2.24) is 20.0 Å². The summed E-state index contributed by atoms with van der Waals surface area (Å²) in [4.78, 5) is 16.0. The summed E-state index contributed by atoms with van der Waals surface area (Å²) in [6.07, 6.45) is 3.78.